The molecule has 0 aliphatic carbocycles. The van der Waals surface area contributed by atoms with Crippen molar-refractivity contribution in [2.75, 3.05) is 33.9 Å². The maximum Gasteiger partial charge on any atom is 0.243 e. The Morgan fingerprint density at radius 3 is 2.15 bits per heavy atom. The zero-order chi connectivity index (χ0) is 29.6. The van der Waals surface area contributed by atoms with E-state index in [1.165, 1.54) is 0 Å². The second-order valence-electron chi connectivity index (χ2n) is 11.2. The summed E-state index contributed by atoms with van der Waals surface area (Å²) < 4.78 is 10.6. The van der Waals surface area contributed by atoms with Gasteiger partial charge in [0, 0.05) is 13.0 Å². The molecule has 41 heavy (non-hydrogen) atoms. The van der Waals surface area contributed by atoms with Crippen molar-refractivity contribution in [3.63, 3.8) is 0 Å². The molecule has 4 rings (SSSR count). The number of methoxy groups -OCH3 is 1. The van der Waals surface area contributed by atoms with Gasteiger partial charge in [0.15, 0.2) is 5.78 Å². The lowest BCUT2D eigenvalue weighted by Crippen LogP contribution is -2.57. The summed E-state index contributed by atoms with van der Waals surface area (Å²) in [6.07, 6.45) is 1.20. The van der Waals surface area contributed by atoms with Gasteiger partial charge in [-0.2, -0.15) is 0 Å². The normalized spacial score (nSPS) is 22.2. The molecule has 2 aromatic rings. The Morgan fingerprint density at radius 2 is 1.56 bits per heavy atom. The molecular weight excluding hydrogens is 524 g/mol. The molecule has 0 aromatic heterocycles. The number of likely N-dealkylation sites (tertiary alicyclic amines) is 1. The molecule has 0 unspecified atom stereocenters. The number of ketones is 1. The number of hydrogen-bond donors (Lipinski definition) is 3. The zero-order valence-electron chi connectivity index (χ0n) is 24.1. The van der Waals surface area contributed by atoms with Crippen molar-refractivity contribution in [3.05, 3.63) is 65.7 Å². The highest BCUT2D eigenvalue weighted by Crippen LogP contribution is 2.29. The predicted molar refractivity (Wildman–Crippen MR) is 153 cm³/mol. The molecule has 0 radical (unpaired) electrons. The summed E-state index contributed by atoms with van der Waals surface area (Å²) in [6, 6.07) is 13.9. The third-order valence-electron chi connectivity index (χ3n) is 7.76. The summed E-state index contributed by atoms with van der Waals surface area (Å²) in [6.45, 7) is 5.08. The topological polar surface area (TPSA) is 129 Å². The number of amides is 3. The van der Waals surface area contributed by atoms with Gasteiger partial charge in [-0.1, -0.05) is 42.5 Å². The minimum Gasteiger partial charge on any atom is -0.497 e. The molecule has 3 amide bonds. The second kappa shape index (κ2) is 13.3. The number of carbonyl (C=O) groups excluding carboxylic acids is 4. The highest BCUT2D eigenvalue weighted by atomic mass is 16.6. The number of epoxide rings is 1. The van der Waals surface area contributed by atoms with Gasteiger partial charge >= 0.3 is 0 Å². The van der Waals surface area contributed by atoms with Crippen LogP contribution in [0.2, 0.25) is 0 Å². The first-order chi connectivity index (χ1) is 19.6. The lowest BCUT2D eigenvalue weighted by atomic mass is 9.94. The maximum atomic E-state index is 13.7. The Hall–Kier alpha value is -3.76. The number of nitrogens with zero attached hydrogens (tertiary/aromatic N) is 1. The van der Waals surface area contributed by atoms with E-state index in [1.54, 1.807) is 33.1 Å². The van der Waals surface area contributed by atoms with Crippen LogP contribution in [0, 0.1) is 5.92 Å². The molecule has 2 aromatic carbocycles. The van der Waals surface area contributed by atoms with Gasteiger partial charge in [-0.3, -0.25) is 19.2 Å². The van der Waals surface area contributed by atoms with E-state index in [4.69, 9.17) is 9.47 Å². The van der Waals surface area contributed by atoms with Gasteiger partial charge in [-0.05, 0) is 63.5 Å². The summed E-state index contributed by atoms with van der Waals surface area (Å²) >= 11 is 0. The summed E-state index contributed by atoms with van der Waals surface area (Å²) in [5.41, 5.74) is 0.745. The van der Waals surface area contributed by atoms with Crippen LogP contribution >= 0.6 is 0 Å². The maximum absolute atomic E-state index is 13.7. The summed E-state index contributed by atoms with van der Waals surface area (Å²) in [5, 5.41) is 8.49. The van der Waals surface area contributed by atoms with Crippen LogP contribution in [0.1, 0.15) is 31.4 Å². The quantitative estimate of drug-likeness (QED) is 0.313. The Balaban J connectivity index is 1.49. The van der Waals surface area contributed by atoms with Gasteiger partial charge in [0.25, 0.3) is 0 Å². The van der Waals surface area contributed by atoms with Gasteiger partial charge in [0.05, 0.1) is 25.7 Å². The van der Waals surface area contributed by atoms with Gasteiger partial charge in [0.1, 0.15) is 23.4 Å². The van der Waals surface area contributed by atoms with E-state index >= 15 is 0 Å². The summed E-state index contributed by atoms with van der Waals surface area (Å²) in [4.78, 5) is 55.0. The average molecular weight is 565 g/mol. The van der Waals surface area contributed by atoms with E-state index in [-0.39, 0.29) is 30.4 Å². The Morgan fingerprint density at radius 1 is 0.951 bits per heavy atom. The average Bonchev–Trinajstić information content (AvgIpc) is 3.57. The number of Topliss-reactive ketones (excluding diaryl/α,β-unsaturated/α-hetero) is 1. The number of hydrogen-bond acceptors (Lipinski definition) is 7. The van der Waals surface area contributed by atoms with E-state index in [0.717, 1.165) is 24.1 Å². The smallest absolute Gasteiger partial charge is 0.243 e. The third kappa shape index (κ3) is 8.14. The van der Waals surface area contributed by atoms with Gasteiger partial charge in [-0.15, -0.1) is 0 Å². The number of nitrogens with one attached hydrogen (secondary N) is 3. The predicted octanol–water partition coefficient (Wildman–Crippen LogP) is 1.26. The molecule has 10 nitrogen and oxygen atoms in total. The minimum absolute atomic E-state index is 0.176. The standard InChI is InChI=1S/C31H40N4O6/c1-20(32-29(38)23-14-15-35(3)18-23)28(37)34-26(17-22-10-12-24(40-4)13-11-22)30(39)33-25(27(36)31(2)19-41-31)16-21-8-6-5-7-9-21/h5-13,20,23,25-26H,14-19H2,1-4H3,(H,32,38)(H,33,39)(H,34,37)/t20-,23+,25-,26-,31+/m0/s1. The minimum atomic E-state index is -0.994. The van der Waals surface area contributed by atoms with Crippen LogP contribution < -0.4 is 20.7 Å². The Labute approximate surface area is 241 Å². The zero-order valence-corrected chi connectivity index (χ0v) is 24.1. The first-order valence-electron chi connectivity index (χ1n) is 14.0. The van der Waals surface area contributed by atoms with Crippen LogP contribution in [0.3, 0.4) is 0 Å². The Bertz CT molecular complexity index is 1230. The lowest BCUT2D eigenvalue weighted by molar-refractivity contribution is -0.134. The number of benzene rings is 2. The van der Waals surface area contributed by atoms with E-state index in [0.29, 0.717) is 18.9 Å². The van der Waals surface area contributed by atoms with Gasteiger partial charge in [0.2, 0.25) is 17.7 Å². The highest BCUT2D eigenvalue weighted by molar-refractivity contribution is 5.98. The largest absolute Gasteiger partial charge is 0.497 e. The molecule has 5 atom stereocenters. The van der Waals surface area contributed by atoms with Gasteiger partial charge < -0.3 is 30.3 Å². The molecule has 220 valence electrons. The number of ether oxygens (including phenoxy) is 2. The van der Waals surface area contributed by atoms with Crippen LogP contribution in [-0.2, 0) is 36.8 Å². The molecule has 2 aliphatic heterocycles. The SMILES string of the molecule is COc1ccc(C[C@H](NC(=O)[C@H](C)NC(=O)[C@@H]2CCN(C)C2)C(=O)N[C@@H](Cc2ccccc2)C(=O)[C@@]2(C)CO2)cc1. The fourth-order valence-corrected chi connectivity index (χ4v) is 5.00. The van der Waals surface area contributed by atoms with Crippen LogP contribution in [0.15, 0.2) is 54.6 Å². The van der Waals surface area contributed by atoms with Crippen molar-refractivity contribution in [1.82, 2.24) is 20.9 Å². The van der Waals surface area contributed by atoms with E-state index in [2.05, 4.69) is 20.9 Å². The second-order valence-corrected chi connectivity index (χ2v) is 11.2. The van der Waals surface area contributed by atoms with Crippen molar-refractivity contribution in [1.29, 1.82) is 0 Å². The van der Waals surface area contributed by atoms with Crippen LogP contribution in [0.4, 0.5) is 0 Å². The molecule has 0 saturated carbocycles. The number of rotatable bonds is 13. The van der Waals surface area contributed by atoms with Crippen LogP contribution in [-0.4, -0.2) is 86.0 Å². The van der Waals surface area contributed by atoms with Crippen LogP contribution in [0.5, 0.6) is 5.75 Å². The first kappa shape index (κ1) is 30.2. The molecule has 3 N–H and O–H groups in total. The summed E-state index contributed by atoms with van der Waals surface area (Å²) in [7, 11) is 3.52. The molecule has 2 heterocycles. The van der Waals surface area contributed by atoms with Crippen molar-refractivity contribution >= 4 is 23.5 Å². The lowest BCUT2D eigenvalue weighted by Gasteiger charge is -2.25. The van der Waals surface area contributed by atoms with Crippen molar-refractivity contribution in [2.45, 2.75) is 56.8 Å². The molecule has 0 spiro atoms. The monoisotopic (exact) mass is 564 g/mol. The molecule has 2 fully saturated rings. The van der Waals surface area contributed by atoms with Crippen molar-refractivity contribution in [2.24, 2.45) is 5.92 Å². The molecule has 0 bridgehead atoms. The first-order valence-corrected chi connectivity index (χ1v) is 14.0. The Kier molecular flexibility index (Phi) is 9.77. The molecular formula is C31H40N4O6. The van der Waals surface area contributed by atoms with E-state index < -0.39 is 35.5 Å². The number of carbonyl (C=O) groups is 4. The fourth-order valence-electron chi connectivity index (χ4n) is 5.00. The van der Waals surface area contributed by atoms with E-state index in [9.17, 15) is 19.2 Å². The fraction of sp³-hybridized carbons (Fsp3) is 0.484. The summed E-state index contributed by atoms with van der Waals surface area (Å²) in [5.74, 6) is -0.889. The van der Waals surface area contributed by atoms with Gasteiger partial charge in [-0.25, -0.2) is 0 Å². The van der Waals surface area contributed by atoms with Crippen LogP contribution in [0.25, 0.3) is 0 Å². The van der Waals surface area contributed by atoms with Crippen molar-refractivity contribution in [3.8, 4) is 5.75 Å². The highest BCUT2D eigenvalue weighted by Gasteiger charge is 2.50. The molecule has 2 saturated heterocycles. The van der Waals surface area contributed by atoms with E-state index in [1.807, 2.05) is 49.5 Å². The molecule has 2 aliphatic rings. The molecule has 10 heteroatoms. The third-order valence-corrected chi connectivity index (χ3v) is 7.76. The van der Waals surface area contributed by atoms with Crippen molar-refractivity contribution < 1.29 is 28.7 Å².